The first-order valence-corrected chi connectivity index (χ1v) is 7.39. The summed E-state index contributed by atoms with van der Waals surface area (Å²) < 4.78 is 19.5. The van der Waals surface area contributed by atoms with Gasteiger partial charge in [0.25, 0.3) is 0 Å². The maximum absolute atomic E-state index is 13.7. The summed E-state index contributed by atoms with van der Waals surface area (Å²) in [6.45, 7) is 0.148. The molecule has 0 aliphatic heterocycles. The summed E-state index contributed by atoms with van der Waals surface area (Å²) in [7, 11) is 0. The zero-order chi connectivity index (χ0) is 14.8. The third-order valence-electron chi connectivity index (χ3n) is 3.83. The maximum atomic E-state index is 13.7. The lowest BCUT2D eigenvalue weighted by atomic mass is 9.89. The van der Waals surface area contributed by atoms with Crippen LogP contribution in [0, 0.1) is 5.82 Å². The molecule has 21 heavy (non-hydrogen) atoms. The first-order chi connectivity index (χ1) is 10.1. The van der Waals surface area contributed by atoms with E-state index >= 15 is 0 Å². The van der Waals surface area contributed by atoms with Crippen molar-refractivity contribution in [3.63, 3.8) is 0 Å². The van der Waals surface area contributed by atoms with E-state index < -0.39 is 6.10 Å². The number of fused-ring (bicyclic) bond motifs is 1. The quantitative estimate of drug-likeness (QED) is 0.909. The van der Waals surface area contributed by atoms with Crippen molar-refractivity contribution in [2.75, 3.05) is 0 Å². The Morgan fingerprint density at radius 2 is 2.14 bits per heavy atom. The van der Waals surface area contributed by atoms with Crippen molar-refractivity contribution < 1.29 is 14.2 Å². The number of halogens is 2. The molecule has 0 saturated carbocycles. The van der Waals surface area contributed by atoms with Crippen LogP contribution < -0.4 is 4.74 Å². The molecule has 1 unspecified atom stereocenters. The smallest absolute Gasteiger partial charge is 0.131 e. The van der Waals surface area contributed by atoms with Gasteiger partial charge in [0, 0.05) is 10.6 Å². The highest BCUT2D eigenvalue weighted by Crippen LogP contribution is 2.35. The van der Waals surface area contributed by atoms with Crippen molar-refractivity contribution in [2.24, 2.45) is 0 Å². The second-order valence-electron chi connectivity index (χ2n) is 5.26. The van der Waals surface area contributed by atoms with E-state index in [4.69, 9.17) is 16.3 Å². The van der Waals surface area contributed by atoms with Crippen LogP contribution in [-0.2, 0) is 13.0 Å². The molecule has 2 aromatic rings. The first-order valence-electron chi connectivity index (χ1n) is 7.02. The molecule has 0 radical (unpaired) electrons. The third-order valence-corrected chi connectivity index (χ3v) is 4.07. The molecule has 110 valence electrons. The molecule has 1 N–H and O–H groups in total. The fourth-order valence-corrected chi connectivity index (χ4v) is 2.88. The molecule has 0 saturated heterocycles. The van der Waals surface area contributed by atoms with Crippen LogP contribution >= 0.6 is 11.6 Å². The van der Waals surface area contributed by atoms with E-state index in [1.807, 2.05) is 18.2 Å². The van der Waals surface area contributed by atoms with Gasteiger partial charge >= 0.3 is 0 Å². The summed E-state index contributed by atoms with van der Waals surface area (Å²) in [4.78, 5) is 0. The van der Waals surface area contributed by atoms with Crippen molar-refractivity contribution in [1.29, 1.82) is 0 Å². The van der Waals surface area contributed by atoms with Gasteiger partial charge in [-0.2, -0.15) is 0 Å². The Morgan fingerprint density at radius 3 is 2.95 bits per heavy atom. The van der Waals surface area contributed by atoms with E-state index in [0.717, 1.165) is 36.1 Å². The second-order valence-corrected chi connectivity index (χ2v) is 5.69. The summed E-state index contributed by atoms with van der Waals surface area (Å²) in [6.07, 6.45) is 2.17. The first kappa shape index (κ1) is 14.4. The maximum Gasteiger partial charge on any atom is 0.131 e. The van der Waals surface area contributed by atoms with Gasteiger partial charge in [0.05, 0.1) is 6.10 Å². The van der Waals surface area contributed by atoms with Crippen LogP contribution in [0.3, 0.4) is 0 Å². The number of rotatable bonds is 3. The minimum atomic E-state index is -0.426. The molecule has 2 aromatic carbocycles. The van der Waals surface area contributed by atoms with Crippen LogP contribution in [0.1, 0.15) is 35.6 Å². The standard InChI is InChI=1S/C17H16ClFO2/c18-12-8-7-11(15(19)9-12)10-21-17-6-2-3-13-14(17)4-1-5-16(13)20/h2-3,6-9,16,20H,1,4-5,10H2. The fourth-order valence-electron chi connectivity index (χ4n) is 2.72. The molecule has 1 atom stereocenters. The highest BCUT2D eigenvalue weighted by molar-refractivity contribution is 6.30. The van der Waals surface area contributed by atoms with E-state index in [1.54, 1.807) is 12.1 Å². The molecular formula is C17H16ClFO2. The number of benzene rings is 2. The largest absolute Gasteiger partial charge is 0.489 e. The van der Waals surface area contributed by atoms with Crippen LogP contribution in [0.4, 0.5) is 4.39 Å². The molecule has 4 heteroatoms. The van der Waals surface area contributed by atoms with E-state index in [2.05, 4.69) is 0 Å². The summed E-state index contributed by atoms with van der Waals surface area (Å²) in [5.74, 6) is 0.355. The summed E-state index contributed by atoms with van der Waals surface area (Å²) in [5.41, 5.74) is 2.43. The van der Waals surface area contributed by atoms with Crippen molar-refractivity contribution in [1.82, 2.24) is 0 Å². The molecule has 0 spiro atoms. The Labute approximate surface area is 128 Å². The fraction of sp³-hybridized carbons (Fsp3) is 0.294. The Balaban J connectivity index is 1.81. The molecule has 1 aliphatic rings. The summed E-state index contributed by atoms with van der Waals surface area (Å²) >= 11 is 5.74. The van der Waals surface area contributed by atoms with Crippen LogP contribution in [0.15, 0.2) is 36.4 Å². The van der Waals surface area contributed by atoms with Gasteiger partial charge < -0.3 is 9.84 Å². The number of aliphatic hydroxyl groups excluding tert-OH is 1. The van der Waals surface area contributed by atoms with E-state index in [1.165, 1.54) is 6.07 Å². The number of ether oxygens (including phenoxy) is 1. The number of hydrogen-bond donors (Lipinski definition) is 1. The topological polar surface area (TPSA) is 29.5 Å². The predicted molar refractivity (Wildman–Crippen MR) is 80.1 cm³/mol. The molecule has 0 bridgehead atoms. The SMILES string of the molecule is OC1CCCc2c(OCc3ccc(Cl)cc3F)cccc21. The minimum absolute atomic E-state index is 0.148. The van der Waals surface area contributed by atoms with E-state index in [-0.39, 0.29) is 12.4 Å². The van der Waals surface area contributed by atoms with Crippen molar-refractivity contribution in [3.8, 4) is 5.75 Å². The zero-order valence-corrected chi connectivity index (χ0v) is 12.2. The van der Waals surface area contributed by atoms with Gasteiger partial charge in [-0.05, 0) is 48.6 Å². The lowest BCUT2D eigenvalue weighted by molar-refractivity contribution is 0.155. The Kier molecular flexibility index (Phi) is 4.13. The highest BCUT2D eigenvalue weighted by Gasteiger charge is 2.20. The lowest BCUT2D eigenvalue weighted by Gasteiger charge is -2.23. The molecule has 0 fully saturated rings. The monoisotopic (exact) mass is 306 g/mol. The van der Waals surface area contributed by atoms with Crippen molar-refractivity contribution in [3.05, 3.63) is 63.9 Å². The average Bonchev–Trinajstić information content (AvgIpc) is 2.47. The second kappa shape index (κ2) is 6.04. The van der Waals surface area contributed by atoms with Gasteiger partial charge in [-0.15, -0.1) is 0 Å². The summed E-state index contributed by atoms with van der Waals surface area (Å²) in [6, 6.07) is 10.2. The predicted octanol–water partition coefficient (Wildman–Crippen LogP) is 4.43. The number of hydrogen-bond acceptors (Lipinski definition) is 2. The van der Waals surface area contributed by atoms with E-state index in [9.17, 15) is 9.50 Å². The molecule has 0 heterocycles. The molecule has 1 aliphatic carbocycles. The normalized spacial score (nSPS) is 17.4. The van der Waals surface area contributed by atoms with Gasteiger partial charge in [0.1, 0.15) is 18.2 Å². The Hall–Kier alpha value is -1.58. The highest BCUT2D eigenvalue weighted by atomic mass is 35.5. The molecule has 3 rings (SSSR count). The van der Waals surface area contributed by atoms with Gasteiger partial charge in [-0.25, -0.2) is 4.39 Å². The Bertz CT molecular complexity index is 657. The van der Waals surface area contributed by atoms with Crippen LogP contribution in [-0.4, -0.2) is 5.11 Å². The van der Waals surface area contributed by atoms with Gasteiger partial charge in [0.2, 0.25) is 0 Å². The average molecular weight is 307 g/mol. The lowest BCUT2D eigenvalue weighted by Crippen LogP contribution is -2.11. The van der Waals surface area contributed by atoms with Crippen LogP contribution in [0.25, 0.3) is 0 Å². The van der Waals surface area contributed by atoms with E-state index in [0.29, 0.717) is 10.6 Å². The molecule has 0 aromatic heterocycles. The van der Waals surface area contributed by atoms with Gasteiger partial charge in [-0.3, -0.25) is 0 Å². The van der Waals surface area contributed by atoms with Gasteiger partial charge in [-0.1, -0.05) is 29.8 Å². The van der Waals surface area contributed by atoms with Gasteiger partial charge in [0.15, 0.2) is 0 Å². The minimum Gasteiger partial charge on any atom is -0.489 e. The van der Waals surface area contributed by atoms with Crippen molar-refractivity contribution >= 4 is 11.6 Å². The third kappa shape index (κ3) is 3.04. The Morgan fingerprint density at radius 1 is 1.29 bits per heavy atom. The summed E-state index contributed by atoms with van der Waals surface area (Å²) in [5, 5.41) is 10.4. The van der Waals surface area contributed by atoms with Crippen LogP contribution in [0.2, 0.25) is 5.02 Å². The van der Waals surface area contributed by atoms with Crippen LogP contribution in [0.5, 0.6) is 5.75 Å². The molecular weight excluding hydrogens is 291 g/mol. The molecule has 2 nitrogen and oxygen atoms in total. The molecule has 0 amide bonds. The number of aliphatic hydroxyl groups is 1. The zero-order valence-electron chi connectivity index (χ0n) is 11.5. The van der Waals surface area contributed by atoms with Crippen molar-refractivity contribution in [2.45, 2.75) is 32.0 Å².